The Kier molecular flexibility index (Phi) is 6.62. The topological polar surface area (TPSA) is 57.9 Å². The number of ether oxygens (including phenoxy) is 1. The molecule has 0 unspecified atom stereocenters. The first kappa shape index (κ1) is 18.7. The van der Waals surface area contributed by atoms with Crippen molar-refractivity contribution in [2.24, 2.45) is 12.0 Å². The summed E-state index contributed by atoms with van der Waals surface area (Å²) in [6.45, 7) is 6.16. The van der Waals surface area contributed by atoms with Gasteiger partial charge in [-0.2, -0.15) is 5.10 Å². The molecule has 1 N–H and O–H groups in total. The maximum atomic E-state index is 5.55. The van der Waals surface area contributed by atoms with Gasteiger partial charge in [0.2, 0.25) is 0 Å². The minimum Gasteiger partial charge on any atom is -0.381 e. The van der Waals surface area contributed by atoms with Crippen molar-refractivity contribution < 1.29 is 4.74 Å². The fraction of sp³-hybridized carbons (Fsp3) is 0.765. The number of likely N-dealkylation sites (N-methyl/N-ethyl adjacent to an activating group) is 1. The number of guanidine groups is 1. The molecule has 0 aliphatic carbocycles. The van der Waals surface area contributed by atoms with Crippen LogP contribution in [0, 0.1) is 0 Å². The SMILES string of the molecule is CCNC(=NCC1(N(C)C)CCOCC1)N(C)Cc1cnn(C)c1. The maximum Gasteiger partial charge on any atom is 0.194 e. The summed E-state index contributed by atoms with van der Waals surface area (Å²) in [6, 6.07) is 0. The van der Waals surface area contributed by atoms with E-state index in [4.69, 9.17) is 9.73 Å². The summed E-state index contributed by atoms with van der Waals surface area (Å²) in [5, 5.41) is 7.64. The van der Waals surface area contributed by atoms with Crippen molar-refractivity contribution in [3.05, 3.63) is 18.0 Å². The van der Waals surface area contributed by atoms with Gasteiger partial charge in [0.15, 0.2) is 5.96 Å². The Morgan fingerprint density at radius 2 is 2.08 bits per heavy atom. The van der Waals surface area contributed by atoms with Gasteiger partial charge in [0.1, 0.15) is 0 Å². The average Bonchev–Trinajstić information content (AvgIpc) is 2.97. The molecule has 1 aliphatic rings. The molecule has 2 rings (SSSR count). The zero-order valence-electron chi connectivity index (χ0n) is 15.7. The van der Waals surface area contributed by atoms with E-state index in [1.807, 2.05) is 24.1 Å². The second-order valence-electron chi connectivity index (χ2n) is 6.78. The highest BCUT2D eigenvalue weighted by Gasteiger charge is 2.34. The predicted molar refractivity (Wildman–Crippen MR) is 97.1 cm³/mol. The van der Waals surface area contributed by atoms with Crippen LogP contribution in [0.2, 0.25) is 0 Å². The van der Waals surface area contributed by atoms with Gasteiger partial charge in [-0.15, -0.1) is 0 Å². The molecule has 0 amide bonds. The van der Waals surface area contributed by atoms with Crippen LogP contribution < -0.4 is 5.32 Å². The van der Waals surface area contributed by atoms with Crippen LogP contribution in [-0.4, -0.2) is 78.5 Å². The first-order valence-corrected chi connectivity index (χ1v) is 8.69. The lowest BCUT2D eigenvalue weighted by molar-refractivity contribution is -0.00262. The van der Waals surface area contributed by atoms with Crippen LogP contribution in [0.4, 0.5) is 0 Å². The molecule has 1 aromatic rings. The van der Waals surface area contributed by atoms with Crippen molar-refractivity contribution in [3.63, 3.8) is 0 Å². The fourth-order valence-electron chi connectivity index (χ4n) is 3.09. The molecular formula is C17H32N6O. The Balaban J connectivity index is 2.08. The largest absolute Gasteiger partial charge is 0.381 e. The molecule has 0 spiro atoms. The fourth-order valence-corrected chi connectivity index (χ4v) is 3.09. The van der Waals surface area contributed by atoms with Gasteiger partial charge >= 0.3 is 0 Å². The number of aromatic nitrogens is 2. The molecule has 0 bridgehead atoms. The normalized spacial score (nSPS) is 18.0. The molecule has 24 heavy (non-hydrogen) atoms. The highest BCUT2D eigenvalue weighted by molar-refractivity contribution is 5.79. The summed E-state index contributed by atoms with van der Waals surface area (Å²) in [5.41, 5.74) is 1.27. The molecule has 0 radical (unpaired) electrons. The van der Waals surface area contributed by atoms with Gasteiger partial charge in [0.25, 0.3) is 0 Å². The smallest absolute Gasteiger partial charge is 0.194 e. The second kappa shape index (κ2) is 8.48. The predicted octanol–water partition coefficient (Wildman–Crippen LogP) is 0.928. The van der Waals surface area contributed by atoms with Crippen LogP contribution in [0.15, 0.2) is 17.4 Å². The van der Waals surface area contributed by atoms with Crippen LogP contribution in [0.1, 0.15) is 25.3 Å². The van der Waals surface area contributed by atoms with Crippen molar-refractivity contribution >= 4 is 5.96 Å². The lowest BCUT2D eigenvalue weighted by atomic mass is 9.89. The van der Waals surface area contributed by atoms with E-state index in [-0.39, 0.29) is 5.54 Å². The number of nitrogens with zero attached hydrogens (tertiary/aromatic N) is 5. The minimum atomic E-state index is 0.0913. The van der Waals surface area contributed by atoms with E-state index < -0.39 is 0 Å². The Labute approximate surface area is 145 Å². The molecule has 1 aromatic heterocycles. The molecule has 0 saturated carbocycles. The van der Waals surface area contributed by atoms with E-state index in [0.717, 1.165) is 51.6 Å². The zero-order chi connectivity index (χ0) is 17.6. The van der Waals surface area contributed by atoms with Crippen LogP contribution in [0.5, 0.6) is 0 Å². The molecule has 136 valence electrons. The Morgan fingerprint density at radius 3 is 2.62 bits per heavy atom. The van der Waals surface area contributed by atoms with Crippen molar-refractivity contribution in [1.29, 1.82) is 0 Å². The summed E-state index contributed by atoms with van der Waals surface area (Å²) in [7, 11) is 8.30. The number of aliphatic imine (C=N–C) groups is 1. The van der Waals surface area contributed by atoms with E-state index in [2.05, 4.69) is 48.3 Å². The molecule has 1 saturated heterocycles. The van der Waals surface area contributed by atoms with Crippen LogP contribution >= 0.6 is 0 Å². The average molecular weight is 336 g/mol. The van der Waals surface area contributed by atoms with Gasteiger partial charge in [0, 0.05) is 57.7 Å². The lowest BCUT2D eigenvalue weighted by Crippen LogP contribution is -2.51. The Bertz CT molecular complexity index is 533. The monoisotopic (exact) mass is 336 g/mol. The molecule has 0 atom stereocenters. The molecule has 2 heterocycles. The minimum absolute atomic E-state index is 0.0913. The van der Waals surface area contributed by atoms with Gasteiger partial charge in [-0.05, 0) is 33.9 Å². The standard InChI is InChI=1S/C17H32N6O/c1-6-18-16(22(4)12-15-11-20-23(5)13-15)19-14-17(21(2)3)7-9-24-10-8-17/h11,13H,6-10,12,14H2,1-5H3,(H,18,19). The van der Waals surface area contributed by atoms with Crippen LogP contribution in [0.3, 0.4) is 0 Å². The summed E-state index contributed by atoms with van der Waals surface area (Å²) in [6.07, 6.45) is 5.99. The van der Waals surface area contributed by atoms with Crippen molar-refractivity contribution in [2.45, 2.75) is 31.8 Å². The Hall–Kier alpha value is -1.60. The summed E-state index contributed by atoms with van der Waals surface area (Å²) in [5.74, 6) is 0.939. The van der Waals surface area contributed by atoms with E-state index in [1.54, 1.807) is 0 Å². The second-order valence-corrected chi connectivity index (χ2v) is 6.78. The van der Waals surface area contributed by atoms with Crippen LogP contribution in [0.25, 0.3) is 0 Å². The molecule has 7 nitrogen and oxygen atoms in total. The highest BCUT2D eigenvalue weighted by Crippen LogP contribution is 2.26. The van der Waals surface area contributed by atoms with Crippen LogP contribution in [-0.2, 0) is 18.3 Å². The van der Waals surface area contributed by atoms with Crippen molar-refractivity contribution in [3.8, 4) is 0 Å². The highest BCUT2D eigenvalue weighted by atomic mass is 16.5. The quantitative estimate of drug-likeness (QED) is 0.619. The van der Waals surface area contributed by atoms with Gasteiger partial charge in [-0.3, -0.25) is 9.67 Å². The third kappa shape index (κ3) is 4.70. The first-order chi connectivity index (χ1) is 11.5. The summed E-state index contributed by atoms with van der Waals surface area (Å²) < 4.78 is 7.38. The van der Waals surface area contributed by atoms with E-state index >= 15 is 0 Å². The van der Waals surface area contributed by atoms with E-state index in [1.165, 1.54) is 5.56 Å². The molecule has 7 heteroatoms. The number of hydrogen-bond acceptors (Lipinski definition) is 4. The number of hydrogen-bond donors (Lipinski definition) is 1. The third-order valence-corrected chi connectivity index (χ3v) is 4.77. The number of aryl methyl sites for hydroxylation is 1. The van der Waals surface area contributed by atoms with E-state index in [0.29, 0.717) is 0 Å². The number of rotatable bonds is 6. The maximum absolute atomic E-state index is 5.55. The molecule has 0 aromatic carbocycles. The van der Waals surface area contributed by atoms with Gasteiger partial charge in [-0.1, -0.05) is 0 Å². The first-order valence-electron chi connectivity index (χ1n) is 8.69. The summed E-state index contributed by atoms with van der Waals surface area (Å²) >= 11 is 0. The molecule has 1 fully saturated rings. The lowest BCUT2D eigenvalue weighted by Gasteiger charge is -2.42. The van der Waals surface area contributed by atoms with Crippen molar-refractivity contribution in [1.82, 2.24) is 24.9 Å². The molecular weight excluding hydrogens is 304 g/mol. The molecule has 1 aliphatic heterocycles. The third-order valence-electron chi connectivity index (χ3n) is 4.77. The van der Waals surface area contributed by atoms with E-state index in [9.17, 15) is 0 Å². The zero-order valence-corrected chi connectivity index (χ0v) is 15.7. The van der Waals surface area contributed by atoms with Gasteiger partial charge < -0.3 is 19.9 Å². The van der Waals surface area contributed by atoms with Crippen molar-refractivity contribution in [2.75, 3.05) is 47.4 Å². The number of nitrogens with one attached hydrogen (secondary N) is 1. The van der Waals surface area contributed by atoms with Gasteiger partial charge in [-0.25, -0.2) is 0 Å². The summed E-state index contributed by atoms with van der Waals surface area (Å²) in [4.78, 5) is 9.41. The van der Waals surface area contributed by atoms with Gasteiger partial charge in [0.05, 0.1) is 12.7 Å². The Morgan fingerprint density at radius 1 is 1.38 bits per heavy atom.